The number of nitrogens with one attached hydrogen (secondary N) is 1. The number of aryl methyl sites for hydroxylation is 1. The molecule has 2 aromatic rings. The van der Waals surface area contributed by atoms with Gasteiger partial charge in [0.25, 0.3) is 0 Å². The van der Waals surface area contributed by atoms with Crippen molar-refractivity contribution in [1.82, 2.24) is 14.6 Å². The molecule has 2 rings (SSSR count). The number of aliphatic hydroxyl groups excluding tert-OH is 1. The molecule has 5 nitrogen and oxygen atoms in total. The molecule has 0 bridgehead atoms. The van der Waals surface area contributed by atoms with E-state index in [1.165, 1.54) is 0 Å². The lowest BCUT2D eigenvalue weighted by Crippen LogP contribution is -2.32. The number of hydrogen-bond donors (Lipinski definition) is 2. The molecule has 0 fully saturated rings. The second-order valence-electron chi connectivity index (χ2n) is 4.92. The minimum Gasteiger partial charge on any atom is -0.396 e. The molecule has 0 unspecified atom stereocenters. The second kappa shape index (κ2) is 4.33. The summed E-state index contributed by atoms with van der Waals surface area (Å²) in [5.41, 5.74) is 1.77. The molecule has 17 heavy (non-hydrogen) atoms. The van der Waals surface area contributed by atoms with Crippen molar-refractivity contribution in [3.05, 3.63) is 23.9 Å². The quantitative estimate of drug-likeness (QED) is 0.843. The van der Waals surface area contributed by atoms with Gasteiger partial charge in [0.1, 0.15) is 0 Å². The molecule has 2 heterocycles. The topological polar surface area (TPSA) is 62.5 Å². The molecule has 0 saturated carbocycles. The molecule has 2 aromatic heterocycles. The van der Waals surface area contributed by atoms with Gasteiger partial charge in [-0.05, 0) is 44.9 Å². The van der Waals surface area contributed by atoms with Crippen LogP contribution in [0.2, 0.25) is 0 Å². The zero-order chi connectivity index (χ0) is 12.5. The number of pyridine rings is 1. The fraction of sp³-hybridized carbons (Fsp3) is 0.500. The molecule has 0 aliphatic heterocycles. The Morgan fingerprint density at radius 2 is 2.24 bits per heavy atom. The molecular formula is C12H18N4O. The van der Waals surface area contributed by atoms with E-state index >= 15 is 0 Å². The molecule has 0 aromatic carbocycles. The maximum absolute atomic E-state index is 8.97. The van der Waals surface area contributed by atoms with Gasteiger partial charge in [0.15, 0.2) is 5.65 Å². The second-order valence-corrected chi connectivity index (χ2v) is 4.92. The van der Waals surface area contributed by atoms with Crippen LogP contribution in [0.15, 0.2) is 18.3 Å². The third kappa shape index (κ3) is 2.74. The van der Waals surface area contributed by atoms with E-state index in [1.807, 2.05) is 39.1 Å². The Hall–Kier alpha value is -1.62. The molecule has 0 aliphatic rings. The van der Waals surface area contributed by atoms with Crippen molar-refractivity contribution in [3.63, 3.8) is 0 Å². The summed E-state index contributed by atoms with van der Waals surface area (Å²) >= 11 is 0. The van der Waals surface area contributed by atoms with Crippen molar-refractivity contribution in [2.75, 3.05) is 11.9 Å². The van der Waals surface area contributed by atoms with E-state index in [0.29, 0.717) is 12.4 Å². The van der Waals surface area contributed by atoms with Gasteiger partial charge in [0.05, 0.1) is 0 Å². The smallest absolute Gasteiger partial charge is 0.243 e. The lowest BCUT2D eigenvalue weighted by atomic mass is 10.0. The standard InChI is InChI=1S/C12H18N4O/c1-9-4-6-16-10(8-9)13-11(15-16)14-12(2,3)5-7-17/h4,6,8,17H,5,7H2,1-3H3,(H,14,15). The van der Waals surface area contributed by atoms with Crippen LogP contribution < -0.4 is 5.32 Å². The van der Waals surface area contributed by atoms with E-state index in [4.69, 9.17) is 5.11 Å². The van der Waals surface area contributed by atoms with Crippen LogP contribution >= 0.6 is 0 Å². The maximum atomic E-state index is 8.97. The van der Waals surface area contributed by atoms with Crippen LogP contribution in [-0.4, -0.2) is 31.9 Å². The van der Waals surface area contributed by atoms with Gasteiger partial charge < -0.3 is 10.4 Å². The molecule has 0 radical (unpaired) electrons. The van der Waals surface area contributed by atoms with E-state index in [0.717, 1.165) is 11.2 Å². The summed E-state index contributed by atoms with van der Waals surface area (Å²) in [6.45, 7) is 6.20. The monoisotopic (exact) mass is 234 g/mol. The molecule has 5 heteroatoms. The number of hydrogen-bond acceptors (Lipinski definition) is 4. The third-order valence-electron chi connectivity index (χ3n) is 2.68. The largest absolute Gasteiger partial charge is 0.396 e. The predicted octanol–water partition coefficient (Wildman–Crippen LogP) is 1.61. The van der Waals surface area contributed by atoms with Gasteiger partial charge in [-0.2, -0.15) is 4.98 Å². The minimum atomic E-state index is -0.214. The summed E-state index contributed by atoms with van der Waals surface area (Å²) in [5, 5.41) is 16.5. The highest BCUT2D eigenvalue weighted by atomic mass is 16.3. The summed E-state index contributed by atoms with van der Waals surface area (Å²) in [4.78, 5) is 4.40. The molecule has 0 atom stereocenters. The predicted molar refractivity (Wildman–Crippen MR) is 67.1 cm³/mol. The number of aromatic nitrogens is 3. The number of aliphatic hydroxyl groups is 1. The van der Waals surface area contributed by atoms with Crippen molar-refractivity contribution in [2.24, 2.45) is 0 Å². The summed E-state index contributed by atoms with van der Waals surface area (Å²) in [7, 11) is 0. The van der Waals surface area contributed by atoms with Gasteiger partial charge in [-0.15, -0.1) is 5.10 Å². The number of anilines is 1. The number of fused-ring (bicyclic) bond motifs is 1. The van der Waals surface area contributed by atoms with Gasteiger partial charge in [-0.3, -0.25) is 0 Å². The van der Waals surface area contributed by atoms with E-state index in [9.17, 15) is 0 Å². The maximum Gasteiger partial charge on any atom is 0.243 e. The Balaban J connectivity index is 2.25. The summed E-state index contributed by atoms with van der Waals surface area (Å²) < 4.78 is 1.74. The van der Waals surface area contributed by atoms with Crippen molar-refractivity contribution in [2.45, 2.75) is 32.7 Å². The Kier molecular flexibility index (Phi) is 3.02. The van der Waals surface area contributed by atoms with Crippen LogP contribution in [0.1, 0.15) is 25.8 Å². The molecule has 0 amide bonds. The number of nitrogens with zero attached hydrogens (tertiary/aromatic N) is 3. The van der Waals surface area contributed by atoms with Gasteiger partial charge >= 0.3 is 0 Å². The lowest BCUT2D eigenvalue weighted by Gasteiger charge is -2.24. The summed E-state index contributed by atoms with van der Waals surface area (Å²) in [6.07, 6.45) is 2.55. The van der Waals surface area contributed by atoms with Crippen molar-refractivity contribution >= 4 is 11.6 Å². The van der Waals surface area contributed by atoms with Crippen molar-refractivity contribution in [1.29, 1.82) is 0 Å². The van der Waals surface area contributed by atoms with Crippen LogP contribution in [0.3, 0.4) is 0 Å². The molecule has 0 spiro atoms. The van der Waals surface area contributed by atoms with Crippen LogP contribution in [0.25, 0.3) is 5.65 Å². The first-order chi connectivity index (χ1) is 8.00. The SMILES string of the molecule is Cc1ccn2nc(NC(C)(C)CCO)nc2c1. The highest BCUT2D eigenvalue weighted by Crippen LogP contribution is 2.15. The van der Waals surface area contributed by atoms with Gasteiger partial charge in [0.2, 0.25) is 5.95 Å². The van der Waals surface area contributed by atoms with E-state index in [2.05, 4.69) is 15.4 Å². The fourth-order valence-corrected chi connectivity index (χ4v) is 1.68. The van der Waals surface area contributed by atoms with Gasteiger partial charge in [0, 0.05) is 18.3 Å². The first-order valence-electron chi connectivity index (χ1n) is 5.72. The van der Waals surface area contributed by atoms with E-state index in [1.54, 1.807) is 4.52 Å². The van der Waals surface area contributed by atoms with Crippen LogP contribution in [-0.2, 0) is 0 Å². The van der Waals surface area contributed by atoms with Gasteiger partial charge in [-0.25, -0.2) is 4.52 Å². The summed E-state index contributed by atoms with van der Waals surface area (Å²) in [5.74, 6) is 0.592. The van der Waals surface area contributed by atoms with Crippen molar-refractivity contribution < 1.29 is 5.11 Å². The molecule has 0 saturated heterocycles. The number of rotatable bonds is 4. The molecule has 92 valence electrons. The normalized spacial score (nSPS) is 12.0. The Morgan fingerprint density at radius 1 is 1.47 bits per heavy atom. The average Bonchev–Trinajstić information content (AvgIpc) is 2.57. The van der Waals surface area contributed by atoms with Crippen LogP contribution in [0.5, 0.6) is 0 Å². The average molecular weight is 234 g/mol. The lowest BCUT2D eigenvalue weighted by molar-refractivity contribution is 0.260. The zero-order valence-corrected chi connectivity index (χ0v) is 10.4. The summed E-state index contributed by atoms with van der Waals surface area (Å²) in [6, 6.07) is 3.97. The molecule has 2 N–H and O–H groups in total. The van der Waals surface area contributed by atoms with E-state index < -0.39 is 0 Å². The van der Waals surface area contributed by atoms with E-state index in [-0.39, 0.29) is 12.1 Å². The van der Waals surface area contributed by atoms with Gasteiger partial charge in [-0.1, -0.05) is 0 Å². The molecular weight excluding hydrogens is 216 g/mol. The highest BCUT2D eigenvalue weighted by molar-refractivity contribution is 5.45. The first kappa shape index (κ1) is 11.9. The highest BCUT2D eigenvalue weighted by Gasteiger charge is 2.18. The Labute approximate surface area is 100 Å². The first-order valence-corrected chi connectivity index (χ1v) is 5.72. The molecule has 0 aliphatic carbocycles. The minimum absolute atomic E-state index is 0.145. The van der Waals surface area contributed by atoms with Crippen molar-refractivity contribution in [3.8, 4) is 0 Å². The Bertz CT molecular complexity index is 518. The zero-order valence-electron chi connectivity index (χ0n) is 10.4. The van der Waals surface area contributed by atoms with Crippen LogP contribution in [0, 0.1) is 6.92 Å². The fourth-order valence-electron chi connectivity index (χ4n) is 1.68. The Morgan fingerprint density at radius 3 is 2.94 bits per heavy atom. The third-order valence-corrected chi connectivity index (χ3v) is 2.68. The van der Waals surface area contributed by atoms with Crippen LogP contribution in [0.4, 0.5) is 5.95 Å².